The van der Waals surface area contributed by atoms with Crippen LogP contribution in [0.3, 0.4) is 0 Å². The molecule has 0 unspecified atom stereocenters. The van der Waals surface area contributed by atoms with E-state index in [4.69, 9.17) is 4.98 Å². The minimum atomic E-state index is 0.883. The van der Waals surface area contributed by atoms with Gasteiger partial charge in [0.1, 0.15) is 5.52 Å². The smallest absolute Gasteiger partial charge is 0.113 e. The van der Waals surface area contributed by atoms with Crippen molar-refractivity contribution < 1.29 is 0 Å². The fourth-order valence-electron chi connectivity index (χ4n) is 7.40. The molecule has 7 aromatic carbocycles. The Kier molecular flexibility index (Phi) is 4.69. The summed E-state index contributed by atoms with van der Waals surface area (Å²) in [7, 11) is 0. The third-order valence-corrected chi connectivity index (χ3v) is 9.16. The summed E-state index contributed by atoms with van der Waals surface area (Å²) in [6.45, 7) is 0. The SMILES string of the molecule is c1ccc(-n2c3cc4c(cc3c3c5ccccc5c5ccccc5c32)c2ccccc2n4-c2cccc3nccnc23)cc1. The van der Waals surface area contributed by atoms with Crippen LogP contribution >= 0.6 is 0 Å². The van der Waals surface area contributed by atoms with Gasteiger partial charge in [-0.05, 0) is 58.6 Å². The molecule has 0 atom stereocenters. The second-order valence-electron chi connectivity index (χ2n) is 11.4. The summed E-state index contributed by atoms with van der Waals surface area (Å²) in [5.41, 5.74) is 8.65. The topological polar surface area (TPSA) is 35.6 Å². The van der Waals surface area contributed by atoms with E-state index in [0.29, 0.717) is 0 Å². The highest BCUT2D eigenvalue weighted by atomic mass is 15.0. The lowest BCUT2D eigenvalue weighted by molar-refractivity contribution is 1.16. The Balaban J connectivity index is 1.49. The molecule has 0 aliphatic rings. The van der Waals surface area contributed by atoms with Crippen molar-refractivity contribution in [2.45, 2.75) is 0 Å². The van der Waals surface area contributed by atoms with Crippen molar-refractivity contribution in [3.8, 4) is 11.4 Å². The summed E-state index contributed by atoms with van der Waals surface area (Å²) in [6, 6.07) is 48.2. The largest absolute Gasteiger partial charge is 0.309 e. The zero-order valence-corrected chi connectivity index (χ0v) is 23.6. The molecule has 0 saturated heterocycles. The fourth-order valence-corrected chi connectivity index (χ4v) is 7.40. The first kappa shape index (κ1) is 23.6. The maximum Gasteiger partial charge on any atom is 0.113 e. The van der Waals surface area contributed by atoms with Gasteiger partial charge in [0.15, 0.2) is 0 Å². The van der Waals surface area contributed by atoms with Crippen LogP contribution in [-0.4, -0.2) is 19.1 Å². The first-order valence-electron chi connectivity index (χ1n) is 14.9. The normalized spacial score (nSPS) is 12.1. The molecule has 0 N–H and O–H groups in total. The minimum Gasteiger partial charge on any atom is -0.309 e. The van der Waals surface area contributed by atoms with E-state index in [1.165, 1.54) is 54.1 Å². The van der Waals surface area contributed by atoms with E-state index in [0.717, 1.165) is 33.4 Å². The van der Waals surface area contributed by atoms with E-state index in [1.807, 2.05) is 6.07 Å². The highest BCUT2D eigenvalue weighted by Gasteiger charge is 2.22. The summed E-state index contributed by atoms with van der Waals surface area (Å²) >= 11 is 0. The van der Waals surface area contributed by atoms with Gasteiger partial charge in [0, 0.05) is 45.0 Å². The lowest BCUT2D eigenvalue weighted by Gasteiger charge is -2.12. The Morgan fingerprint density at radius 2 is 1.07 bits per heavy atom. The first-order chi connectivity index (χ1) is 21.9. The number of nitrogens with zero attached hydrogens (tertiary/aromatic N) is 4. The molecular weight excluding hydrogens is 536 g/mol. The Morgan fingerprint density at radius 3 is 1.91 bits per heavy atom. The maximum absolute atomic E-state index is 4.79. The highest BCUT2D eigenvalue weighted by Crippen LogP contribution is 2.45. The van der Waals surface area contributed by atoms with Gasteiger partial charge in [0.05, 0.1) is 33.3 Å². The fraction of sp³-hybridized carbons (Fsp3) is 0. The average molecular weight is 561 g/mol. The molecule has 0 aliphatic carbocycles. The highest BCUT2D eigenvalue weighted by molar-refractivity contribution is 6.33. The van der Waals surface area contributed by atoms with Gasteiger partial charge >= 0.3 is 0 Å². The predicted molar refractivity (Wildman–Crippen MR) is 183 cm³/mol. The second-order valence-corrected chi connectivity index (χ2v) is 11.4. The van der Waals surface area contributed by atoms with Crippen molar-refractivity contribution in [2.24, 2.45) is 0 Å². The van der Waals surface area contributed by atoms with Crippen molar-refractivity contribution in [3.05, 3.63) is 146 Å². The second kappa shape index (κ2) is 8.76. The summed E-state index contributed by atoms with van der Waals surface area (Å²) in [5.74, 6) is 0. The maximum atomic E-state index is 4.79. The van der Waals surface area contributed by atoms with Crippen molar-refractivity contribution in [1.82, 2.24) is 19.1 Å². The molecule has 0 fully saturated rings. The zero-order valence-electron chi connectivity index (χ0n) is 23.6. The van der Waals surface area contributed by atoms with Crippen LogP contribution in [0, 0.1) is 0 Å². The van der Waals surface area contributed by atoms with E-state index in [-0.39, 0.29) is 0 Å². The van der Waals surface area contributed by atoms with Crippen LogP contribution in [0.15, 0.2) is 146 Å². The van der Waals surface area contributed by atoms with Gasteiger partial charge in [-0.2, -0.15) is 0 Å². The Morgan fingerprint density at radius 1 is 0.409 bits per heavy atom. The number of hydrogen-bond acceptors (Lipinski definition) is 2. The molecule has 0 aliphatic heterocycles. The molecule has 0 amide bonds. The summed E-state index contributed by atoms with van der Waals surface area (Å²) < 4.78 is 4.83. The van der Waals surface area contributed by atoms with Crippen molar-refractivity contribution in [1.29, 1.82) is 0 Å². The third-order valence-electron chi connectivity index (χ3n) is 9.16. The van der Waals surface area contributed by atoms with Crippen LogP contribution in [0.4, 0.5) is 0 Å². The molecule has 4 nitrogen and oxygen atoms in total. The van der Waals surface area contributed by atoms with Crippen LogP contribution in [0.25, 0.3) is 87.6 Å². The number of benzene rings is 7. The molecular formula is C40H24N4. The van der Waals surface area contributed by atoms with Crippen LogP contribution < -0.4 is 0 Å². The van der Waals surface area contributed by atoms with E-state index in [1.54, 1.807) is 12.4 Å². The molecule has 10 rings (SSSR count). The monoisotopic (exact) mass is 560 g/mol. The van der Waals surface area contributed by atoms with Crippen molar-refractivity contribution >= 4 is 76.2 Å². The standard InChI is InChI=1S/C40H24N4/c1-2-11-25(12-3-1)43-37-24-36-31(23-32(37)38-29-16-6-4-13-26(29)27-14-5-7-17-30(27)40(38)43)28-15-8-9-19-34(28)44(36)35-20-10-18-33-39(35)42-22-21-41-33/h1-24H. The predicted octanol–water partition coefficient (Wildman–Crippen LogP) is 10.1. The number of aromatic nitrogens is 4. The van der Waals surface area contributed by atoms with Gasteiger partial charge in [-0.3, -0.25) is 9.97 Å². The van der Waals surface area contributed by atoms with Crippen LogP contribution in [-0.2, 0) is 0 Å². The van der Waals surface area contributed by atoms with E-state index >= 15 is 0 Å². The lowest BCUT2D eigenvalue weighted by atomic mass is 9.96. The van der Waals surface area contributed by atoms with Crippen LogP contribution in [0.5, 0.6) is 0 Å². The van der Waals surface area contributed by atoms with Gasteiger partial charge < -0.3 is 9.13 Å². The van der Waals surface area contributed by atoms with Gasteiger partial charge in [-0.25, -0.2) is 0 Å². The Hall–Kier alpha value is -6.00. The molecule has 0 bridgehead atoms. The molecule has 0 saturated carbocycles. The summed E-state index contributed by atoms with van der Waals surface area (Å²) in [5, 5.41) is 10.0. The molecule has 44 heavy (non-hydrogen) atoms. The lowest BCUT2D eigenvalue weighted by Crippen LogP contribution is -1.98. The Labute approximate surface area is 252 Å². The summed E-state index contributed by atoms with van der Waals surface area (Å²) in [6.07, 6.45) is 3.54. The number of rotatable bonds is 2. The van der Waals surface area contributed by atoms with Crippen molar-refractivity contribution in [2.75, 3.05) is 0 Å². The van der Waals surface area contributed by atoms with Gasteiger partial charge in [0.2, 0.25) is 0 Å². The number of hydrogen-bond donors (Lipinski definition) is 0. The van der Waals surface area contributed by atoms with Gasteiger partial charge in [-0.15, -0.1) is 0 Å². The van der Waals surface area contributed by atoms with Gasteiger partial charge in [-0.1, -0.05) is 91.0 Å². The van der Waals surface area contributed by atoms with Gasteiger partial charge in [0.25, 0.3) is 0 Å². The first-order valence-corrected chi connectivity index (χ1v) is 14.9. The Bertz CT molecular complexity index is 2760. The molecule has 204 valence electrons. The van der Waals surface area contributed by atoms with E-state index in [2.05, 4.69) is 142 Å². The van der Waals surface area contributed by atoms with Crippen LogP contribution in [0.1, 0.15) is 0 Å². The molecule has 10 aromatic rings. The average Bonchev–Trinajstić information content (AvgIpc) is 3.60. The molecule has 0 radical (unpaired) electrons. The summed E-state index contributed by atoms with van der Waals surface area (Å²) in [4.78, 5) is 9.42. The number of para-hydroxylation sites is 3. The quantitative estimate of drug-likeness (QED) is 0.197. The van der Waals surface area contributed by atoms with Crippen molar-refractivity contribution in [3.63, 3.8) is 0 Å². The molecule has 0 spiro atoms. The van der Waals surface area contributed by atoms with Crippen LogP contribution in [0.2, 0.25) is 0 Å². The molecule has 3 aromatic heterocycles. The molecule has 3 heterocycles. The zero-order chi connectivity index (χ0) is 28.8. The number of fused-ring (bicyclic) bond motifs is 12. The van der Waals surface area contributed by atoms with E-state index < -0.39 is 0 Å². The minimum absolute atomic E-state index is 0.883. The third kappa shape index (κ3) is 3.06. The molecule has 4 heteroatoms. The van der Waals surface area contributed by atoms with E-state index in [9.17, 15) is 0 Å².